The van der Waals surface area contributed by atoms with E-state index in [0.717, 1.165) is 38.9 Å². The van der Waals surface area contributed by atoms with Gasteiger partial charge >= 0.3 is 0 Å². The van der Waals surface area contributed by atoms with Crippen LogP contribution in [0.5, 0.6) is 0 Å². The van der Waals surface area contributed by atoms with Crippen molar-refractivity contribution in [2.75, 3.05) is 42.6 Å². The summed E-state index contributed by atoms with van der Waals surface area (Å²) in [5, 5.41) is 3.07. The first-order valence-corrected chi connectivity index (χ1v) is 6.91. The lowest BCUT2D eigenvalue weighted by atomic mass is 10.2. The predicted octanol–water partition coefficient (Wildman–Crippen LogP) is -0.303. The molecule has 8 nitrogen and oxygen atoms in total. The Morgan fingerprint density at radius 2 is 1.95 bits per heavy atom. The van der Waals surface area contributed by atoms with Gasteiger partial charge in [-0.25, -0.2) is 0 Å². The van der Waals surface area contributed by atoms with E-state index >= 15 is 0 Å². The normalized spacial score (nSPS) is 22.6. The number of nitrogens with zero attached hydrogens (tertiary/aromatic N) is 5. The van der Waals surface area contributed by atoms with Crippen LogP contribution in [0.15, 0.2) is 0 Å². The molecule has 2 aliphatic rings. The Labute approximate surface area is 117 Å². The second-order valence-corrected chi connectivity index (χ2v) is 5.26. The van der Waals surface area contributed by atoms with Crippen LogP contribution < -0.4 is 16.0 Å². The third-order valence-corrected chi connectivity index (χ3v) is 3.76. The van der Waals surface area contributed by atoms with Gasteiger partial charge in [0.25, 0.3) is 0 Å². The number of aromatic nitrogens is 3. The first-order chi connectivity index (χ1) is 9.63. The summed E-state index contributed by atoms with van der Waals surface area (Å²) >= 11 is 0. The molecule has 1 aromatic heterocycles. The zero-order chi connectivity index (χ0) is 14.1. The Bertz CT molecular complexity index is 515. The number of nitrogens with one attached hydrogen (secondary N) is 1. The van der Waals surface area contributed by atoms with E-state index in [-0.39, 0.29) is 17.9 Å². The minimum Gasteiger partial charge on any atom is -0.368 e. The van der Waals surface area contributed by atoms with Gasteiger partial charge in [0.05, 0.1) is 0 Å². The monoisotopic (exact) mass is 277 g/mol. The molecule has 0 bridgehead atoms. The second kappa shape index (κ2) is 5.10. The van der Waals surface area contributed by atoms with E-state index in [1.807, 2.05) is 0 Å². The minimum atomic E-state index is -0.270. The third kappa shape index (κ3) is 2.45. The Balaban J connectivity index is 1.77. The number of likely N-dealkylation sites (tertiary alicyclic amines) is 1. The molecule has 1 unspecified atom stereocenters. The van der Waals surface area contributed by atoms with Crippen molar-refractivity contribution in [3.8, 4) is 0 Å². The summed E-state index contributed by atoms with van der Waals surface area (Å²) in [6.45, 7) is 2.62. The van der Waals surface area contributed by atoms with Crippen molar-refractivity contribution < 1.29 is 4.79 Å². The summed E-state index contributed by atoms with van der Waals surface area (Å²) in [4.78, 5) is 28.3. The summed E-state index contributed by atoms with van der Waals surface area (Å²) < 4.78 is 0. The van der Waals surface area contributed by atoms with Gasteiger partial charge in [0.15, 0.2) is 0 Å². The summed E-state index contributed by atoms with van der Waals surface area (Å²) in [7, 11) is 1.79. The van der Waals surface area contributed by atoms with Crippen LogP contribution in [0.25, 0.3) is 0 Å². The minimum absolute atomic E-state index is 0.0618. The van der Waals surface area contributed by atoms with E-state index in [1.165, 1.54) is 0 Å². The number of carbonyl (C=O) groups excluding carboxylic acids is 1. The number of hydrogen-bond acceptors (Lipinski definition) is 7. The lowest BCUT2D eigenvalue weighted by molar-refractivity contribution is -0.127. The highest BCUT2D eigenvalue weighted by atomic mass is 16.2. The molecule has 0 radical (unpaired) electrons. The highest BCUT2D eigenvalue weighted by Gasteiger charge is 2.29. The van der Waals surface area contributed by atoms with Crippen LogP contribution in [0.3, 0.4) is 0 Å². The van der Waals surface area contributed by atoms with E-state index in [9.17, 15) is 4.79 Å². The average molecular weight is 277 g/mol. The molecule has 0 aromatic carbocycles. The predicted molar refractivity (Wildman–Crippen MR) is 75.4 cm³/mol. The molecule has 3 N–H and O–H groups in total. The number of hydrogen-bond donors (Lipinski definition) is 2. The van der Waals surface area contributed by atoms with Crippen LogP contribution in [0.4, 0.5) is 17.8 Å². The fourth-order valence-electron chi connectivity index (χ4n) is 2.62. The summed E-state index contributed by atoms with van der Waals surface area (Å²) in [5.41, 5.74) is 5.74. The number of nitrogen functional groups attached to an aromatic ring is 1. The van der Waals surface area contributed by atoms with Crippen LogP contribution >= 0.6 is 0 Å². The molecule has 0 aliphatic carbocycles. The van der Waals surface area contributed by atoms with Crippen molar-refractivity contribution in [3.05, 3.63) is 0 Å². The number of carbonyl (C=O) groups is 1. The maximum Gasteiger partial charge on any atom is 0.244 e. The molecule has 20 heavy (non-hydrogen) atoms. The smallest absolute Gasteiger partial charge is 0.244 e. The van der Waals surface area contributed by atoms with Crippen LogP contribution in [0.1, 0.15) is 19.3 Å². The van der Waals surface area contributed by atoms with Gasteiger partial charge in [-0.1, -0.05) is 0 Å². The number of nitrogens with two attached hydrogens (primary N) is 1. The van der Waals surface area contributed by atoms with Crippen molar-refractivity contribution in [1.82, 2.24) is 19.9 Å². The van der Waals surface area contributed by atoms with Crippen LogP contribution in [-0.4, -0.2) is 58.5 Å². The highest BCUT2D eigenvalue weighted by Crippen LogP contribution is 2.19. The molecule has 0 spiro atoms. The topological polar surface area (TPSA) is 100 Å². The fraction of sp³-hybridized carbons (Fsp3) is 0.667. The molecule has 2 aliphatic heterocycles. The molecule has 0 saturated carbocycles. The van der Waals surface area contributed by atoms with Crippen molar-refractivity contribution in [2.24, 2.45) is 0 Å². The van der Waals surface area contributed by atoms with Gasteiger partial charge in [-0.05, 0) is 19.3 Å². The van der Waals surface area contributed by atoms with Gasteiger partial charge in [-0.2, -0.15) is 15.0 Å². The van der Waals surface area contributed by atoms with Gasteiger partial charge < -0.3 is 20.9 Å². The lowest BCUT2D eigenvalue weighted by Gasteiger charge is -2.17. The van der Waals surface area contributed by atoms with Gasteiger partial charge in [-0.15, -0.1) is 0 Å². The lowest BCUT2D eigenvalue weighted by Crippen LogP contribution is -2.32. The first kappa shape index (κ1) is 12.9. The van der Waals surface area contributed by atoms with Crippen molar-refractivity contribution in [1.29, 1.82) is 0 Å². The van der Waals surface area contributed by atoms with Gasteiger partial charge in [-0.3, -0.25) is 4.79 Å². The maximum absolute atomic E-state index is 11.9. The Morgan fingerprint density at radius 1 is 1.20 bits per heavy atom. The van der Waals surface area contributed by atoms with E-state index < -0.39 is 0 Å². The van der Waals surface area contributed by atoms with Gasteiger partial charge in [0.1, 0.15) is 6.04 Å². The van der Waals surface area contributed by atoms with Crippen molar-refractivity contribution in [2.45, 2.75) is 25.3 Å². The number of rotatable bonds is 3. The summed E-state index contributed by atoms with van der Waals surface area (Å²) in [6, 6.07) is -0.270. The van der Waals surface area contributed by atoms with E-state index in [0.29, 0.717) is 11.9 Å². The highest BCUT2D eigenvalue weighted by molar-refractivity contribution is 5.86. The molecule has 1 aromatic rings. The fourth-order valence-corrected chi connectivity index (χ4v) is 2.62. The standard InChI is InChI=1S/C12H19N7O/c1-18-7-4-8(9(18)20)14-11-15-10(13)16-12(17-11)19-5-2-3-6-19/h8H,2-7H2,1H3,(H3,13,14,15,16,17). The molecule has 108 valence electrons. The van der Waals surface area contributed by atoms with Crippen molar-refractivity contribution in [3.63, 3.8) is 0 Å². The molecule has 8 heteroatoms. The van der Waals surface area contributed by atoms with Crippen LogP contribution in [-0.2, 0) is 4.79 Å². The first-order valence-electron chi connectivity index (χ1n) is 6.91. The third-order valence-electron chi connectivity index (χ3n) is 3.76. The SMILES string of the molecule is CN1CCC(Nc2nc(N)nc(N3CCCC3)n2)C1=O. The molecule has 2 saturated heterocycles. The number of likely N-dealkylation sites (N-methyl/N-ethyl adjacent to an activating group) is 1. The quantitative estimate of drug-likeness (QED) is 0.782. The molecule has 2 fully saturated rings. The molecule has 1 atom stereocenters. The Morgan fingerprint density at radius 3 is 2.60 bits per heavy atom. The zero-order valence-corrected chi connectivity index (χ0v) is 11.5. The van der Waals surface area contributed by atoms with E-state index in [2.05, 4.69) is 25.2 Å². The van der Waals surface area contributed by atoms with Crippen LogP contribution in [0.2, 0.25) is 0 Å². The molecule has 3 rings (SSSR count). The summed E-state index contributed by atoms with van der Waals surface area (Å²) in [6.07, 6.45) is 3.03. The Kier molecular flexibility index (Phi) is 3.29. The number of anilines is 3. The molecular weight excluding hydrogens is 258 g/mol. The summed E-state index contributed by atoms with van der Waals surface area (Å²) in [5.74, 6) is 1.22. The van der Waals surface area contributed by atoms with E-state index in [4.69, 9.17) is 5.73 Å². The largest absolute Gasteiger partial charge is 0.368 e. The van der Waals surface area contributed by atoms with Crippen molar-refractivity contribution >= 4 is 23.8 Å². The molecular formula is C12H19N7O. The average Bonchev–Trinajstić information content (AvgIpc) is 3.04. The Hall–Kier alpha value is -2.12. The maximum atomic E-state index is 11.9. The molecule has 3 heterocycles. The van der Waals surface area contributed by atoms with E-state index in [1.54, 1.807) is 11.9 Å². The zero-order valence-electron chi connectivity index (χ0n) is 11.5. The number of amides is 1. The van der Waals surface area contributed by atoms with Gasteiger partial charge in [0.2, 0.25) is 23.8 Å². The second-order valence-electron chi connectivity index (χ2n) is 5.26. The van der Waals surface area contributed by atoms with Crippen LogP contribution in [0, 0.1) is 0 Å². The molecule has 1 amide bonds. The van der Waals surface area contributed by atoms with Gasteiger partial charge in [0, 0.05) is 26.7 Å².